The molecule has 0 bridgehead atoms. The SMILES string of the molecule is O=C(NCCCN1CCC(=C(c2ccccc2)c2ccccc2)CC1)C1CSC(c2ccncc2)N1. The van der Waals surface area contributed by atoms with Crippen LogP contribution in [0.4, 0.5) is 0 Å². The van der Waals surface area contributed by atoms with E-state index in [9.17, 15) is 4.79 Å². The van der Waals surface area contributed by atoms with Crippen molar-refractivity contribution in [3.63, 3.8) is 0 Å². The average Bonchev–Trinajstić information content (AvgIpc) is 3.44. The summed E-state index contributed by atoms with van der Waals surface area (Å²) < 4.78 is 0. The number of nitrogens with one attached hydrogen (secondary N) is 2. The Balaban J connectivity index is 1.08. The van der Waals surface area contributed by atoms with Crippen molar-refractivity contribution >= 4 is 23.2 Å². The van der Waals surface area contributed by atoms with Crippen LogP contribution in [0, 0.1) is 0 Å². The number of aromatic nitrogens is 1. The summed E-state index contributed by atoms with van der Waals surface area (Å²) in [6.07, 6.45) is 6.75. The highest BCUT2D eigenvalue weighted by molar-refractivity contribution is 7.99. The molecule has 0 saturated carbocycles. The molecule has 2 fully saturated rings. The first-order valence-corrected chi connectivity index (χ1v) is 13.9. The van der Waals surface area contributed by atoms with Crippen molar-refractivity contribution in [3.8, 4) is 0 Å². The van der Waals surface area contributed by atoms with E-state index in [2.05, 4.69) is 81.2 Å². The summed E-state index contributed by atoms with van der Waals surface area (Å²) >= 11 is 1.78. The van der Waals surface area contributed by atoms with E-state index < -0.39 is 0 Å². The highest BCUT2D eigenvalue weighted by atomic mass is 32.2. The molecule has 0 spiro atoms. The van der Waals surface area contributed by atoms with Crippen molar-refractivity contribution in [1.82, 2.24) is 20.5 Å². The summed E-state index contributed by atoms with van der Waals surface area (Å²) in [5.41, 5.74) is 6.73. The van der Waals surface area contributed by atoms with Gasteiger partial charge in [-0.15, -0.1) is 11.8 Å². The molecule has 3 heterocycles. The number of nitrogens with zero attached hydrogens (tertiary/aromatic N) is 2. The normalized spacial score (nSPS) is 20.3. The second-order valence-electron chi connectivity index (χ2n) is 9.41. The summed E-state index contributed by atoms with van der Waals surface area (Å²) in [5.74, 6) is 0.906. The lowest BCUT2D eigenvalue weighted by atomic mass is 9.88. The zero-order valence-corrected chi connectivity index (χ0v) is 21.4. The third-order valence-corrected chi connectivity index (χ3v) is 8.26. The Morgan fingerprint density at radius 2 is 1.58 bits per heavy atom. The van der Waals surface area contributed by atoms with Gasteiger partial charge in [0.15, 0.2) is 0 Å². The lowest BCUT2D eigenvalue weighted by Gasteiger charge is -2.30. The quantitative estimate of drug-likeness (QED) is 0.433. The maximum Gasteiger partial charge on any atom is 0.238 e. The van der Waals surface area contributed by atoms with Gasteiger partial charge in [0.1, 0.15) is 0 Å². The number of piperidine rings is 1. The number of amides is 1. The van der Waals surface area contributed by atoms with Gasteiger partial charge in [-0.25, -0.2) is 0 Å². The van der Waals surface area contributed by atoms with Gasteiger partial charge in [-0.05, 0) is 60.2 Å². The first-order chi connectivity index (χ1) is 17.8. The van der Waals surface area contributed by atoms with Gasteiger partial charge in [-0.2, -0.15) is 0 Å². The third kappa shape index (κ3) is 6.25. The molecule has 0 radical (unpaired) electrons. The van der Waals surface area contributed by atoms with Crippen LogP contribution in [0.25, 0.3) is 5.57 Å². The summed E-state index contributed by atoms with van der Waals surface area (Å²) in [4.78, 5) is 19.3. The highest BCUT2D eigenvalue weighted by Gasteiger charge is 2.30. The van der Waals surface area contributed by atoms with E-state index in [0.717, 1.165) is 51.2 Å². The predicted octanol–water partition coefficient (Wildman–Crippen LogP) is 4.89. The van der Waals surface area contributed by atoms with Gasteiger partial charge in [0, 0.05) is 37.8 Å². The van der Waals surface area contributed by atoms with Crippen LogP contribution in [-0.2, 0) is 4.79 Å². The molecule has 6 heteroatoms. The van der Waals surface area contributed by atoms with Crippen LogP contribution in [0.2, 0.25) is 0 Å². The number of benzene rings is 2. The van der Waals surface area contributed by atoms with E-state index in [0.29, 0.717) is 0 Å². The lowest BCUT2D eigenvalue weighted by Crippen LogP contribution is -2.43. The zero-order valence-electron chi connectivity index (χ0n) is 20.6. The molecule has 2 N–H and O–H groups in total. The van der Waals surface area contributed by atoms with Crippen LogP contribution < -0.4 is 10.6 Å². The molecular formula is C30H34N4OS. The number of hydrogen-bond donors (Lipinski definition) is 2. The van der Waals surface area contributed by atoms with Crippen LogP contribution in [0.3, 0.4) is 0 Å². The summed E-state index contributed by atoms with van der Waals surface area (Å²) in [6, 6.07) is 25.4. The molecule has 2 saturated heterocycles. The number of pyridine rings is 1. The summed E-state index contributed by atoms with van der Waals surface area (Å²) in [5, 5.41) is 6.75. The molecule has 2 aliphatic rings. The maximum atomic E-state index is 12.6. The molecule has 5 rings (SSSR count). The Bertz CT molecular complexity index is 1100. The van der Waals surface area contributed by atoms with E-state index >= 15 is 0 Å². The number of carbonyl (C=O) groups excluding carboxylic acids is 1. The van der Waals surface area contributed by atoms with E-state index in [1.165, 1.54) is 22.3 Å². The standard InChI is InChI=1S/C30H34N4OS/c35-29(27-22-36-30(33-27)26-12-17-31-18-13-26)32-16-7-19-34-20-14-25(15-21-34)28(23-8-3-1-4-9-23)24-10-5-2-6-11-24/h1-6,8-13,17-18,27,30,33H,7,14-16,19-22H2,(H,32,35). The first-order valence-electron chi connectivity index (χ1n) is 12.9. The van der Waals surface area contributed by atoms with Crippen LogP contribution in [0.5, 0.6) is 0 Å². The van der Waals surface area contributed by atoms with Gasteiger partial charge in [0.05, 0.1) is 11.4 Å². The third-order valence-electron chi connectivity index (χ3n) is 7.00. The Hall–Kier alpha value is -2.93. The average molecular weight is 499 g/mol. The van der Waals surface area contributed by atoms with E-state index in [-0.39, 0.29) is 17.3 Å². The molecule has 1 aromatic heterocycles. The van der Waals surface area contributed by atoms with Crippen LogP contribution in [0.15, 0.2) is 90.8 Å². The van der Waals surface area contributed by atoms with Crippen molar-refractivity contribution in [2.24, 2.45) is 0 Å². The van der Waals surface area contributed by atoms with Gasteiger partial charge in [0.2, 0.25) is 5.91 Å². The fourth-order valence-corrected chi connectivity index (χ4v) is 6.31. The van der Waals surface area contributed by atoms with Crippen molar-refractivity contribution in [1.29, 1.82) is 0 Å². The van der Waals surface area contributed by atoms with Gasteiger partial charge < -0.3 is 10.2 Å². The minimum atomic E-state index is -0.134. The lowest BCUT2D eigenvalue weighted by molar-refractivity contribution is -0.122. The Kier molecular flexibility index (Phi) is 8.49. The second kappa shape index (κ2) is 12.3. The molecule has 2 unspecified atom stereocenters. The summed E-state index contributed by atoms with van der Waals surface area (Å²) in [6.45, 7) is 3.88. The molecule has 3 aromatic rings. The molecule has 0 aliphatic carbocycles. The molecule has 2 aliphatic heterocycles. The Labute approximate surface area is 218 Å². The number of rotatable bonds is 8. The zero-order chi connectivity index (χ0) is 24.6. The van der Waals surface area contributed by atoms with Crippen LogP contribution >= 0.6 is 11.8 Å². The molecule has 2 atom stereocenters. The Morgan fingerprint density at radius 3 is 2.22 bits per heavy atom. The smallest absolute Gasteiger partial charge is 0.238 e. The topological polar surface area (TPSA) is 57.3 Å². The molecule has 2 aromatic carbocycles. The molecule has 186 valence electrons. The van der Waals surface area contributed by atoms with Gasteiger partial charge in [0.25, 0.3) is 0 Å². The van der Waals surface area contributed by atoms with Crippen molar-refractivity contribution in [2.45, 2.75) is 30.7 Å². The van der Waals surface area contributed by atoms with Crippen molar-refractivity contribution in [2.75, 3.05) is 31.9 Å². The maximum absolute atomic E-state index is 12.6. The number of likely N-dealkylation sites (tertiary alicyclic amines) is 1. The minimum Gasteiger partial charge on any atom is -0.355 e. The molecular weight excluding hydrogens is 464 g/mol. The second-order valence-corrected chi connectivity index (χ2v) is 10.5. The monoisotopic (exact) mass is 498 g/mol. The van der Waals surface area contributed by atoms with Gasteiger partial charge in [-0.3, -0.25) is 15.1 Å². The van der Waals surface area contributed by atoms with E-state index in [1.54, 1.807) is 29.7 Å². The fourth-order valence-electron chi connectivity index (χ4n) is 5.07. The van der Waals surface area contributed by atoms with Gasteiger partial charge in [-0.1, -0.05) is 66.2 Å². The fraction of sp³-hybridized carbons (Fsp3) is 0.333. The first kappa shape index (κ1) is 24.8. The summed E-state index contributed by atoms with van der Waals surface area (Å²) in [7, 11) is 0. The minimum absolute atomic E-state index is 0.110. The van der Waals surface area contributed by atoms with Crippen molar-refractivity contribution < 1.29 is 4.79 Å². The number of hydrogen-bond acceptors (Lipinski definition) is 5. The molecule has 1 amide bonds. The van der Waals surface area contributed by atoms with Gasteiger partial charge >= 0.3 is 0 Å². The molecule has 36 heavy (non-hydrogen) atoms. The largest absolute Gasteiger partial charge is 0.355 e. The number of carbonyl (C=O) groups is 1. The predicted molar refractivity (Wildman–Crippen MR) is 149 cm³/mol. The van der Waals surface area contributed by atoms with E-state index in [4.69, 9.17) is 0 Å². The van der Waals surface area contributed by atoms with Crippen LogP contribution in [-0.4, -0.2) is 53.8 Å². The Morgan fingerprint density at radius 1 is 0.944 bits per heavy atom. The number of thioether (sulfide) groups is 1. The van der Waals surface area contributed by atoms with E-state index in [1.807, 2.05) is 12.1 Å². The van der Waals surface area contributed by atoms with Crippen molar-refractivity contribution in [3.05, 3.63) is 107 Å². The van der Waals surface area contributed by atoms with Crippen LogP contribution in [0.1, 0.15) is 41.3 Å². The molecule has 5 nitrogen and oxygen atoms in total. The highest BCUT2D eigenvalue weighted by Crippen LogP contribution is 2.33.